The summed E-state index contributed by atoms with van der Waals surface area (Å²) in [6.07, 6.45) is 3.25. The average molecular weight is 265 g/mol. The van der Waals surface area contributed by atoms with Crippen LogP contribution in [0, 0.1) is 11.3 Å². The number of nitrogens with two attached hydrogens (primary N) is 1. The zero-order valence-corrected chi connectivity index (χ0v) is 10.5. The Labute approximate surface area is 115 Å². The summed E-state index contributed by atoms with van der Waals surface area (Å²) >= 11 is 0. The van der Waals surface area contributed by atoms with E-state index < -0.39 is 0 Å². The molecule has 1 aromatic heterocycles. The predicted octanol–water partition coefficient (Wildman–Crippen LogP) is 2.16. The van der Waals surface area contributed by atoms with Gasteiger partial charge in [0, 0.05) is 18.0 Å². The number of aromatic nitrogens is 1. The molecule has 5 heteroatoms. The summed E-state index contributed by atoms with van der Waals surface area (Å²) in [6.45, 7) is 0.206. The Morgan fingerprint density at radius 3 is 2.60 bits per heavy atom. The van der Waals surface area contributed by atoms with E-state index in [1.54, 1.807) is 42.7 Å². The standard InChI is InChI=1S/C15H11N3O2/c16-8-12(10-3-5-18-6-4-10)15(17)11-1-2-13-14(7-11)20-9-19-13/h1-7H,9,17H2/b15-12-. The molecule has 2 N–H and O–H groups in total. The van der Waals surface area contributed by atoms with Gasteiger partial charge in [0.15, 0.2) is 11.5 Å². The molecule has 2 heterocycles. The van der Waals surface area contributed by atoms with E-state index in [1.807, 2.05) is 0 Å². The number of rotatable bonds is 2. The van der Waals surface area contributed by atoms with Crippen LogP contribution in [0.2, 0.25) is 0 Å². The van der Waals surface area contributed by atoms with Crippen molar-refractivity contribution in [1.82, 2.24) is 4.98 Å². The molecule has 1 aliphatic rings. The van der Waals surface area contributed by atoms with Crippen LogP contribution >= 0.6 is 0 Å². The second-order valence-corrected chi connectivity index (χ2v) is 4.20. The lowest BCUT2D eigenvalue weighted by atomic mass is 10.0. The number of nitriles is 1. The summed E-state index contributed by atoms with van der Waals surface area (Å²) in [5, 5.41) is 9.34. The largest absolute Gasteiger partial charge is 0.454 e. The minimum atomic E-state index is 0.206. The first-order valence-electron chi connectivity index (χ1n) is 6.00. The van der Waals surface area contributed by atoms with Crippen LogP contribution in [0.1, 0.15) is 11.1 Å². The summed E-state index contributed by atoms with van der Waals surface area (Å²) < 4.78 is 10.6. The first-order valence-corrected chi connectivity index (χ1v) is 6.00. The molecule has 0 bridgehead atoms. The summed E-state index contributed by atoms with van der Waals surface area (Å²) in [5.41, 5.74) is 8.38. The number of hydrogen-bond acceptors (Lipinski definition) is 5. The fraction of sp³-hybridized carbons (Fsp3) is 0.0667. The number of benzene rings is 1. The molecule has 3 rings (SSSR count). The van der Waals surface area contributed by atoms with Gasteiger partial charge in [-0.15, -0.1) is 0 Å². The molecule has 0 saturated carbocycles. The van der Waals surface area contributed by atoms with Crippen LogP contribution in [0.25, 0.3) is 11.3 Å². The Hall–Kier alpha value is -3.00. The van der Waals surface area contributed by atoms with E-state index in [1.165, 1.54) is 0 Å². The van der Waals surface area contributed by atoms with Crippen molar-refractivity contribution in [3.8, 4) is 17.6 Å². The molecule has 1 aliphatic heterocycles. The molecule has 0 fully saturated rings. The highest BCUT2D eigenvalue weighted by atomic mass is 16.7. The highest BCUT2D eigenvalue weighted by molar-refractivity contribution is 5.96. The van der Waals surface area contributed by atoms with Crippen molar-refractivity contribution >= 4 is 11.3 Å². The summed E-state index contributed by atoms with van der Waals surface area (Å²) in [5.74, 6) is 1.32. The normalized spacial score (nSPS) is 13.6. The second kappa shape index (κ2) is 4.94. The molecule has 5 nitrogen and oxygen atoms in total. The van der Waals surface area contributed by atoms with Crippen LogP contribution in [-0.2, 0) is 0 Å². The fourth-order valence-electron chi connectivity index (χ4n) is 2.01. The van der Waals surface area contributed by atoms with Gasteiger partial charge >= 0.3 is 0 Å². The van der Waals surface area contributed by atoms with Gasteiger partial charge in [-0.1, -0.05) is 0 Å². The third kappa shape index (κ3) is 2.04. The summed E-state index contributed by atoms with van der Waals surface area (Å²) in [7, 11) is 0. The zero-order valence-electron chi connectivity index (χ0n) is 10.5. The number of hydrogen-bond donors (Lipinski definition) is 1. The molecule has 0 radical (unpaired) electrons. The van der Waals surface area contributed by atoms with E-state index in [9.17, 15) is 5.26 Å². The topological polar surface area (TPSA) is 81.2 Å². The van der Waals surface area contributed by atoms with Crippen molar-refractivity contribution in [2.75, 3.05) is 6.79 Å². The Morgan fingerprint density at radius 1 is 1.10 bits per heavy atom. The average Bonchev–Trinajstić information content (AvgIpc) is 2.96. The quantitative estimate of drug-likeness (QED) is 0.841. The molecule has 0 unspecified atom stereocenters. The maximum atomic E-state index is 9.34. The molecule has 98 valence electrons. The van der Waals surface area contributed by atoms with E-state index in [2.05, 4.69) is 11.1 Å². The van der Waals surface area contributed by atoms with Gasteiger partial charge in [-0.3, -0.25) is 4.98 Å². The fourth-order valence-corrected chi connectivity index (χ4v) is 2.01. The van der Waals surface area contributed by atoms with Gasteiger partial charge < -0.3 is 15.2 Å². The van der Waals surface area contributed by atoms with Crippen molar-refractivity contribution < 1.29 is 9.47 Å². The number of nitrogens with zero attached hydrogens (tertiary/aromatic N) is 2. The summed E-state index contributed by atoms with van der Waals surface area (Å²) in [6, 6.07) is 11.0. The van der Waals surface area contributed by atoms with Crippen molar-refractivity contribution in [3.05, 3.63) is 53.9 Å². The minimum absolute atomic E-state index is 0.206. The van der Waals surface area contributed by atoms with Crippen LogP contribution in [0.15, 0.2) is 42.7 Å². The molecule has 1 aromatic carbocycles. The van der Waals surface area contributed by atoms with Crippen LogP contribution in [0.5, 0.6) is 11.5 Å². The van der Waals surface area contributed by atoms with Gasteiger partial charge in [-0.05, 0) is 35.9 Å². The number of fused-ring (bicyclic) bond motifs is 1. The Morgan fingerprint density at radius 2 is 1.85 bits per heavy atom. The first kappa shape index (κ1) is 12.1. The molecule has 0 aliphatic carbocycles. The molecule has 0 spiro atoms. The maximum Gasteiger partial charge on any atom is 0.231 e. The molecule has 0 saturated heterocycles. The van der Waals surface area contributed by atoms with Crippen LogP contribution in [0.3, 0.4) is 0 Å². The lowest BCUT2D eigenvalue weighted by Gasteiger charge is -2.07. The monoisotopic (exact) mass is 265 g/mol. The van der Waals surface area contributed by atoms with Crippen LogP contribution in [0.4, 0.5) is 0 Å². The highest BCUT2D eigenvalue weighted by Gasteiger charge is 2.15. The lowest BCUT2D eigenvalue weighted by molar-refractivity contribution is 0.174. The van der Waals surface area contributed by atoms with Gasteiger partial charge in [0.2, 0.25) is 6.79 Å². The number of pyridine rings is 1. The smallest absolute Gasteiger partial charge is 0.231 e. The molecule has 0 amide bonds. The third-order valence-electron chi connectivity index (χ3n) is 3.03. The number of allylic oxidation sites excluding steroid dienone is 1. The van der Waals surface area contributed by atoms with Gasteiger partial charge in [0.1, 0.15) is 6.07 Å². The van der Waals surface area contributed by atoms with E-state index >= 15 is 0 Å². The second-order valence-electron chi connectivity index (χ2n) is 4.20. The van der Waals surface area contributed by atoms with Crippen molar-refractivity contribution in [2.24, 2.45) is 5.73 Å². The van der Waals surface area contributed by atoms with Crippen LogP contribution in [-0.4, -0.2) is 11.8 Å². The maximum absolute atomic E-state index is 9.34. The van der Waals surface area contributed by atoms with Gasteiger partial charge in [0.25, 0.3) is 0 Å². The molecular weight excluding hydrogens is 254 g/mol. The molecule has 2 aromatic rings. The van der Waals surface area contributed by atoms with Crippen molar-refractivity contribution in [3.63, 3.8) is 0 Å². The highest BCUT2D eigenvalue weighted by Crippen LogP contribution is 2.34. The zero-order chi connectivity index (χ0) is 13.9. The van der Waals surface area contributed by atoms with E-state index in [4.69, 9.17) is 15.2 Å². The Balaban J connectivity index is 2.08. The Kier molecular flexibility index (Phi) is 2.98. The van der Waals surface area contributed by atoms with E-state index in [0.29, 0.717) is 22.8 Å². The van der Waals surface area contributed by atoms with Gasteiger partial charge in [-0.2, -0.15) is 5.26 Å². The van der Waals surface area contributed by atoms with Crippen molar-refractivity contribution in [1.29, 1.82) is 5.26 Å². The number of ether oxygens (including phenoxy) is 2. The SMILES string of the molecule is N#C/C(=C(/N)c1ccc2c(c1)OCO2)c1ccncc1. The van der Waals surface area contributed by atoms with E-state index in [0.717, 1.165) is 11.1 Å². The first-order chi connectivity index (χ1) is 9.79. The van der Waals surface area contributed by atoms with Crippen molar-refractivity contribution in [2.45, 2.75) is 0 Å². The van der Waals surface area contributed by atoms with Crippen LogP contribution < -0.4 is 15.2 Å². The molecule has 0 atom stereocenters. The predicted molar refractivity (Wildman–Crippen MR) is 73.4 cm³/mol. The van der Waals surface area contributed by atoms with Gasteiger partial charge in [-0.25, -0.2) is 0 Å². The lowest BCUT2D eigenvalue weighted by Crippen LogP contribution is -2.00. The Bertz CT molecular complexity index is 718. The minimum Gasteiger partial charge on any atom is -0.454 e. The molecule has 20 heavy (non-hydrogen) atoms. The third-order valence-corrected chi connectivity index (χ3v) is 3.03. The van der Waals surface area contributed by atoms with E-state index in [-0.39, 0.29) is 6.79 Å². The summed E-state index contributed by atoms with van der Waals surface area (Å²) in [4.78, 5) is 3.93. The van der Waals surface area contributed by atoms with Gasteiger partial charge in [0.05, 0.1) is 11.3 Å². The molecular formula is C15H11N3O2.